The third-order valence-corrected chi connectivity index (χ3v) is 4.86. The minimum atomic E-state index is 0.761. The van der Waals surface area contributed by atoms with Gasteiger partial charge in [0.25, 0.3) is 0 Å². The van der Waals surface area contributed by atoms with Crippen LogP contribution in [0.3, 0.4) is 0 Å². The number of aromatic amines is 1. The summed E-state index contributed by atoms with van der Waals surface area (Å²) >= 11 is 5.48. The van der Waals surface area contributed by atoms with Crippen molar-refractivity contribution in [2.75, 3.05) is 11.1 Å². The molecule has 1 aromatic heterocycles. The monoisotopic (exact) mass is 297 g/mol. The number of hydrogen-bond donors (Lipinski definition) is 1. The van der Waals surface area contributed by atoms with Crippen molar-refractivity contribution in [2.24, 2.45) is 5.92 Å². The van der Waals surface area contributed by atoms with E-state index in [9.17, 15) is 0 Å². The molecule has 1 N–H and O–H groups in total. The Bertz CT molecular complexity index is 415. The van der Waals surface area contributed by atoms with Crippen LogP contribution in [0, 0.1) is 5.92 Å². The number of halogens is 1. The number of para-hydroxylation sites is 1. The van der Waals surface area contributed by atoms with Gasteiger partial charge in [0, 0.05) is 22.0 Å². The third-order valence-electron chi connectivity index (χ3n) is 2.78. The summed E-state index contributed by atoms with van der Waals surface area (Å²) in [4.78, 5) is 3.45. The topological polar surface area (TPSA) is 15.8 Å². The van der Waals surface area contributed by atoms with Gasteiger partial charge in [0.2, 0.25) is 0 Å². The molecule has 3 heteroatoms. The molecule has 86 valence electrons. The molecule has 2 rings (SSSR count). The molecule has 0 aliphatic rings. The summed E-state index contributed by atoms with van der Waals surface area (Å²) in [6.07, 6.45) is 1.23. The average molecular weight is 298 g/mol. The van der Waals surface area contributed by atoms with Crippen LogP contribution < -0.4 is 0 Å². The molecule has 1 heterocycles. The molecule has 0 amide bonds. The standard InChI is InChI=1S/C13H16BrNS/c1-2-10(8-14)9-16-13-7-11-5-3-4-6-12(11)15-13/h3-7,10,15H,2,8-9H2,1H3. The molecule has 0 bridgehead atoms. The predicted octanol–water partition coefficient (Wildman–Crippen LogP) is 4.68. The molecule has 16 heavy (non-hydrogen) atoms. The SMILES string of the molecule is CCC(CBr)CSc1cc2ccccc2[nH]1. The minimum Gasteiger partial charge on any atom is -0.350 e. The van der Waals surface area contributed by atoms with Crippen molar-refractivity contribution in [1.29, 1.82) is 0 Å². The maximum Gasteiger partial charge on any atom is 0.0732 e. The van der Waals surface area contributed by atoms with Crippen molar-refractivity contribution in [3.8, 4) is 0 Å². The molecule has 0 saturated heterocycles. The van der Waals surface area contributed by atoms with E-state index < -0.39 is 0 Å². The number of thioether (sulfide) groups is 1. The first kappa shape index (κ1) is 12.1. The van der Waals surface area contributed by atoms with E-state index in [4.69, 9.17) is 0 Å². The summed E-state index contributed by atoms with van der Waals surface area (Å²) in [7, 11) is 0. The van der Waals surface area contributed by atoms with Gasteiger partial charge in [0.05, 0.1) is 5.03 Å². The summed E-state index contributed by atoms with van der Waals surface area (Å²) in [5.74, 6) is 1.94. The highest BCUT2D eigenvalue weighted by Gasteiger charge is 2.06. The van der Waals surface area contributed by atoms with E-state index in [1.54, 1.807) is 0 Å². The highest BCUT2D eigenvalue weighted by Crippen LogP contribution is 2.26. The Kier molecular flexibility index (Phi) is 4.36. The molecule has 0 fully saturated rings. The zero-order valence-corrected chi connectivity index (χ0v) is 11.8. The Morgan fingerprint density at radius 3 is 2.88 bits per heavy atom. The number of aromatic nitrogens is 1. The number of H-pyrrole nitrogens is 1. The van der Waals surface area contributed by atoms with E-state index in [-0.39, 0.29) is 0 Å². The molecular weight excluding hydrogens is 282 g/mol. The lowest BCUT2D eigenvalue weighted by molar-refractivity contribution is 0.652. The largest absolute Gasteiger partial charge is 0.350 e. The van der Waals surface area contributed by atoms with E-state index >= 15 is 0 Å². The lowest BCUT2D eigenvalue weighted by Gasteiger charge is -2.08. The average Bonchev–Trinajstić information content (AvgIpc) is 2.73. The minimum absolute atomic E-state index is 0.761. The maximum absolute atomic E-state index is 3.56. The number of alkyl halides is 1. The van der Waals surface area contributed by atoms with Crippen LogP contribution in [0.2, 0.25) is 0 Å². The highest BCUT2D eigenvalue weighted by atomic mass is 79.9. The van der Waals surface area contributed by atoms with E-state index in [2.05, 4.69) is 58.2 Å². The van der Waals surface area contributed by atoms with Gasteiger partial charge >= 0.3 is 0 Å². The van der Waals surface area contributed by atoms with Crippen LogP contribution in [0.4, 0.5) is 0 Å². The van der Waals surface area contributed by atoms with Crippen molar-refractivity contribution < 1.29 is 0 Å². The number of benzene rings is 1. The van der Waals surface area contributed by atoms with Gasteiger partial charge in [-0.25, -0.2) is 0 Å². The van der Waals surface area contributed by atoms with Crippen LogP contribution in [0.25, 0.3) is 10.9 Å². The van der Waals surface area contributed by atoms with E-state index in [1.807, 2.05) is 11.8 Å². The second kappa shape index (κ2) is 5.78. The van der Waals surface area contributed by atoms with Gasteiger partial charge in [-0.2, -0.15) is 0 Å². The molecule has 0 aliphatic heterocycles. The molecule has 0 saturated carbocycles. The lowest BCUT2D eigenvalue weighted by atomic mass is 10.2. The van der Waals surface area contributed by atoms with Gasteiger partial charge in [0.15, 0.2) is 0 Å². The summed E-state index contributed by atoms with van der Waals surface area (Å²) in [5, 5.41) is 3.67. The first-order chi connectivity index (χ1) is 7.83. The zero-order chi connectivity index (χ0) is 11.4. The van der Waals surface area contributed by atoms with Crippen molar-refractivity contribution in [3.05, 3.63) is 30.3 Å². The number of hydrogen-bond acceptors (Lipinski definition) is 1. The summed E-state index contributed by atoms with van der Waals surface area (Å²) in [6, 6.07) is 10.7. The van der Waals surface area contributed by atoms with Gasteiger partial charge in [0.1, 0.15) is 0 Å². The van der Waals surface area contributed by atoms with E-state index in [1.165, 1.54) is 28.1 Å². The van der Waals surface area contributed by atoms with Gasteiger partial charge in [-0.05, 0) is 18.1 Å². The second-order valence-electron chi connectivity index (χ2n) is 3.96. The van der Waals surface area contributed by atoms with E-state index in [0.29, 0.717) is 0 Å². The van der Waals surface area contributed by atoms with Crippen LogP contribution in [0.5, 0.6) is 0 Å². The predicted molar refractivity (Wildman–Crippen MR) is 76.6 cm³/mol. The molecule has 0 spiro atoms. The fourth-order valence-electron chi connectivity index (χ4n) is 1.60. The molecule has 0 radical (unpaired) electrons. The lowest BCUT2D eigenvalue weighted by Crippen LogP contribution is -2.02. The smallest absolute Gasteiger partial charge is 0.0732 e. The van der Waals surface area contributed by atoms with Crippen LogP contribution >= 0.6 is 27.7 Å². The molecule has 2 aromatic rings. The van der Waals surface area contributed by atoms with Gasteiger partial charge in [-0.1, -0.05) is 47.5 Å². The highest BCUT2D eigenvalue weighted by molar-refractivity contribution is 9.09. The van der Waals surface area contributed by atoms with Crippen molar-refractivity contribution >= 4 is 38.6 Å². The van der Waals surface area contributed by atoms with Crippen LogP contribution in [-0.4, -0.2) is 16.1 Å². The fraction of sp³-hybridized carbons (Fsp3) is 0.385. The summed E-state index contributed by atoms with van der Waals surface area (Å²) in [5.41, 5.74) is 1.23. The van der Waals surface area contributed by atoms with Gasteiger partial charge in [-0.3, -0.25) is 0 Å². The quantitative estimate of drug-likeness (QED) is 0.626. The Balaban J connectivity index is 2.04. The molecule has 1 atom stereocenters. The Hall–Kier alpha value is -0.410. The van der Waals surface area contributed by atoms with Gasteiger partial charge < -0.3 is 4.98 Å². The van der Waals surface area contributed by atoms with Crippen molar-refractivity contribution in [2.45, 2.75) is 18.4 Å². The Morgan fingerprint density at radius 2 is 2.19 bits per heavy atom. The third kappa shape index (κ3) is 2.83. The normalized spacial score (nSPS) is 13.1. The fourth-order valence-corrected chi connectivity index (χ4v) is 3.75. The second-order valence-corrected chi connectivity index (χ2v) is 5.67. The number of rotatable bonds is 5. The first-order valence-electron chi connectivity index (χ1n) is 5.60. The van der Waals surface area contributed by atoms with E-state index in [0.717, 1.165) is 11.2 Å². The molecular formula is C13H16BrNS. The molecule has 1 aromatic carbocycles. The Labute approximate surface area is 109 Å². The maximum atomic E-state index is 3.56. The van der Waals surface area contributed by atoms with Crippen LogP contribution in [0.15, 0.2) is 35.4 Å². The van der Waals surface area contributed by atoms with Crippen LogP contribution in [-0.2, 0) is 0 Å². The van der Waals surface area contributed by atoms with Crippen molar-refractivity contribution in [3.63, 3.8) is 0 Å². The first-order valence-corrected chi connectivity index (χ1v) is 7.70. The summed E-state index contributed by atoms with van der Waals surface area (Å²) in [6.45, 7) is 2.25. The molecule has 1 nitrogen and oxygen atoms in total. The van der Waals surface area contributed by atoms with Crippen LogP contribution in [0.1, 0.15) is 13.3 Å². The van der Waals surface area contributed by atoms with Crippen molar-refractivity contribution in [1.82, 2.24) is 4.98 Å². The Morgan fingerprint density at radius 1 is 1.38 bits per heavy atom. The number of fused-ring (bicyclic) bond motifs is 1. The summed E-state index contributed by atoms with van der Waals surface area (Å²) < 4.78 is 0. The molecule has 0 aliphatic carbocycles. The zero-order valence-electron chi connectivity index (χ0n) is 9.37. The van der Waals surface area contributed by atoms with Gasteiger partial charge in [-0.15, -0.1) is 11.8 Å². The number of nitrogens with one attached hydrogen (secondary N) is 1. The molecule has 1 unspecified atom stereocenters.